The number of rotatable bonds is 5. The summed E-state index contributed by atoms with van der Waals surface area (Å²) in [4.78, 5) is 28.8. The number of aliphatic carboxylic acids is 1. The molecule has 1 aliphatic carbocycles. The van der Waals surface area contributed by atoms with E-state index in [-0.39, 0.29) is 5.91 Å². The standard InChI is InChI=1S/C20H22N2O4/c23-18-16-10-21(9-15-7-14-3-1-2-4-17(14)26-15)11-20(16,19(24)25)12-22(18)8-13-5-6-13/h1-4,7,13,16H,5-6,8-12H2,(H,24,25)/t16-,20-/m0/s1. The Labute approximate surface area is 151 Å². The molecule has 3 fully saturated rings. The SMILES string of the molecule is O=C1[C@@H]2CN(Cc3cc4ccccc4o3)C[C@]2(C(=O)O)CN1CC1CC1. The first-order valence-corrected chi connectivity index (χ1v) is 9.27. The molecule has 1 aromatic heterocycles. The second kappa shape index (κ2) is 5.58. The summed E-state index contributed by atoms with van der Waals surface area (Å²) in [6, 6.07) is 9.82. The lowest BCUT2D eigenvalue weighted by molar-refractivity contribution is -0.149. The van der Waals surface area contributed by atoms with Crippen molar-refractivity contribution < 1.29 is 19.1 Å². The molecule has 1 N–H and O–H groups in total. The van der Waals surface area contributed by atoms with Crippen LogP contribution < -0.4 is 0 Å². The number of hydrogen-bond acceptors (Lipinski definition) is 4. The summed E-state index contributed by atoms with van der Waals surface area (Å²) in [5.41, 5.74) is -0.139. The van der Waals surface area contributed by atoms with Gasteiger partial charge in [-0.25, -0.2) is 0 Å². The van der Waals surface area contributed by atoms with Crippen molar-refractivity contribution in [1.82, 2.24) is 9.80 Å². The van der Waals surface area contributed by atoms with Crippen LogP contribution in [0.3, 0.4) is 0 Å². The topological polar surface area (TPSA) is 74.0 Å². The number of para-hydroxylation sites is 1. The fourth-order valence-corrected chi connectivity index (χ4v) is 4.63. The summed E-state index contributed by atoms with van der Waals surface area (Å²) in [5.74, 6) is 0.125. The van der Waals surface area contributed by atoms with Gasteiger partial charge in [0.25, 0.3) is 0 Å². The van der Waals surface area contributed by atoms with Crippen molar-refractivity contribution in [3.8, 4) is 0 Å². The summed E-state index contributed by atoms with van der Waals surface area (Å²) in [6.45, 7) is 2.50. The number of furan rings is 1. The van der Waals surface area contributed by atoms with Crippen molar-refractivity contribution in [3.63, 3.8) is 0 Å². The van der Waals surface area contributed by atoms with Crippen molar-refractivity contribution >= 4 is 22.8 Å². The first kappa shape index (κ1) is 15.9. The van der Waals surface area contributed by atoms with E-state index in [0.29, 0.717) is 32.1 Å². The molecular weight excluding hydrogens is 332 g/mol. The minimum Gasteiger partial charge on any atom is -0.481 e. The van der Waals surface area contributed by atoms with Crippen LogP contribution in [0.4, 0.5) is 0 Å². The molecule has 1 saturated carbocycles. The highest BCUT2D eigenvalue weighted by atomic mass is 16.4. The number of fused-ring (bicyclic) bond motifs is 2. The minimum absolute atomic E-state index is 0.0198. The Kier molecular flexibility index (Phi) is 3.41. The van der Waals surface area contributed by atoms with Crippen molar-refractivity contribution in [2.45, 2.75) is 19.4 Å². The Hall–Kier alpha value is -2.34. The molecule has 6 nitrogen and oxygen atoms in total. The zero-order chi connectivity index (χ0) is 17.9. The van der Waals surface area contributed by atoms with E-state index in [1.54, 1.807) is 4.90 Å². The molecule has 3 aliphatic rings. The maximum atomic E-state index is 12.8. The van der Waals surface area contributed by atoms with E-state index < -0.39 is 17.3 Å². The number of nitrogens with zero attached hydrogens (tertiary/aromatic N) is 2. The molecular formula is C20H22N2O4. The smallest absolute Gasteiger partial charge is 0.313 e. The number of likely N-dealkylation sites (tertiary alicyclic amines) is 2. The van der Waals surface area contributed by atoms with Crippen molar-refractivity contribution in [2.75, 3.05) is 26.2 Å². The molecule has 136 valence electrons. The predicted octanol–water partition coefficient (Wildman–Crippen LogP) is 2.19. The Bertz CT molecular complexity index is 854. The van der Waals surface area contributed by atoms with Gasteiger partial charge in [-0.2, -0.15) is 0 Å². The molecule has 0 bridgehead atoms. The molecule has 3 heterocycles. The number of hydrogen-bond donors (Lipinski definition) is 1. The molecule has 1 amide bonds. The van der Waals surface area contributed by atoms with E-state index >= 15 is 0 Å². The normalized spacial score (nSPS) is 28.8. The summed E-state index contributed by atoms with van der Waals surface area (Å²) in [5, 5.41) is 11.0. The Morgan fingerprint density at radius 1 is 1.27 bits per heavy atom. The molecule has 1 aromatic carbocycles. The van der Waals surface area contributed by atoms with Gasteiger partial charge in [0, 0.05) is 31.6 Å². The molecule has 2 aromatic rings. The maximum Gasteiger partial charge on any atom is 0.313 e. The summed E-state index contributed by atoms with van der Waals surface area (Å²) in [7, 11) is 0. The van der Waals surface area contributed by atoms with E-state index in [9.17, 15) is 14.7 Å². The fraction of sp³-hybridized carbons (Fsp3) is 0.500. The van der Waals surface area contributed by atoms with Crippen LogP contribution in [0.15, 0.2) is 34.7 Å². The van der Waals surface area contributed by atoms with E-state index in [0.717, 1.165) is 36.1 Å². The van der Waals surface area contributed by atoms with Crippen LogP contribution in [0.2, 0.25) is 0 Å². The molecule has 0 unspecified atom stereocenters. The highest BCUT2D eigenvalue weighted by Gasteiger charge is 2.62. The van der Waals surface area contributed by atoms with Crippen LogP contribution in [-0.4, -0.2) is 53.0 Å². The van der Waals surface area contributed by atoms with Crippen LogP contribution in [0.25, 0.3) is 11.0 Å². The van der Waals surface area contributed by atoms with Crippen molar-refractivity contribution in [1.29, 1.82) is 0 Å². The van der Waals surface area contributed by atoms with E-state index in [1.165, 1.54) is 0 Å². The molecule has 2 atom stereocenters. The molecule has 2 saturated heterocycles. The van der Waals surface area contributed by atoms with Gasteiger partial charge in [0.15, 0.2) is 0 Å². The lowest BCUT2D eigenvalue weighted by atomic mass is 9.81. The first-order valence-electron chi connectivity index (χ1n) is 9.27. The molecule has 2 aliphatic heterocycles. The second-order valence-electron chi connectivity index (χ2n) is 8.10. The first-order chi connectivity index (χ1) is 12.5. The van der Waals surface area contributed by atoms with Crippen molar-refractivity contribution in [2.24, 2.45) is 17.3 Å². The van der Waals surface area contributed by atoms with Crippen LogP contribution >= 0.6 is 0 Å². The van der Waals surface area contributed by atoms with E-state index in [4.69, 9.17) is 4.42 Å². The van der Waals surface area contributed by atoms with Gasteiger partial charge in [-0.15, -0.1) is 0 Å². The third-order valence-corrected chi connectivity index (χ3v) is 6.15. The number of carboxylic acids is 1. The molecule has 26 heavy (non-hydrogen) atoms. The van der Waals surface area contributed by atoms with Gasteiger partial charge in [-0.1, -0.05) is 18.2 Å². The Balaban J connectivity index is 1.35. The van der Waals surface area contributed by atoms with E-state index in [2.05, 4.69) is 4.90 Å². The van der Waals surface area contributed by atoms with Gasteiger partial charge >= 0.3 is 5.97 Å². The van der Waals surface area contributed by atoms with Gasteiger partial charge < -0.3 is 14.4 Å². The summed E-state index contributed by atoms with van der Waals surface area (Å²) in [6.07, 6.45) is 2.32. The van der Waals surface area contributed by atoms with Gasteiger partial charge in [-0.3, -0.25) is 14.5 Å². The van der Waals surface area contributed by atoms with Gasteiger partial charge in [0.2, 0.25) is 5.91 Å². The van der Waals surface area contributed by atoms with Crippen LogP contribution in [-0.2, 0) is 16.1 Å². The van der Waals surface area contributed by atoms with Crippen LogP contribution in [0, 0.1) is 17.3 Å². The average Bonchev–Trinajstić information content (AvgIpc) is 3.12. The second-order valence-corrected chi connectivity index (χ2v) is 8.10. The number of carbonyl (C=O) groups is 2. The average molecular weight is 354 g/mol. The fourth-order valence-electron chi connectivity index (χ4n) is 4.63. The van der Waals surface area contributed by atoms with Gasteiger partial charge in [0.1, 0.15) is 16.8 Å². The van der Waals surface area contributed by atoms with Gasteiger partial charge in [0.05, 0.1) is 12.5 Å². The van der Waals surface area contributed by atoms with E-state index in [1.807, 2.05) is 30.3 Å². The predicted molar refractivity (Wildman–Crippen MR) is 94.4 cm³/mol. The lowest BCUT2D eigenvalue weighted by Crippen LogP contribution is -2.41. The highest BCUT2D eigenvalue weighted by Crippen LogP contribution is 2.45. The highest BCUT2D eigenvalue weighted by molar-refractivity contribution is 5.92. The van der Waals surface area contributed by atoms with Crippen molar-refractivity contribution in [3.05, 3.63) is 36.1 Å². The zero-order valence-corrected chi connectivity index (χ0v) is 14.6. The Morgan fingerprint density at radius 2 is 2.08 bits per heavy atom. The third-order valence-electron chi connectivity index (χ3n) is 6.15. The summed E-state index contributed by atoms with van der Waals surface area (Å²) < 4.78 is 5.87. The zero-order valence-electron chi connectivity index (χ0n) is 14.6. The molecule has 5 rings (SSSR count). The number of amides is 1. The molecule has 6 heteroatoms. The van der Waals surface area contributed by atoms with Crippen LogP contribution in [0.1, 0.15) is 18.6 Å². The van der Waals surface area contributed by atoms with Gasteiger partial charge in [-0.05, 0) is 30.9 Å². The monoisotopic (exact) mass is 354 g/mol. The summed E-state index contributed by atoms with van der Waals surface area (Å²) >= 11 is 0. The maximum absolute atomic E-state index is 12.8. The number of carbonyl (C=O) groups excluding carboxylic acids is 1. The lowest BCUT2D eigenvalue weighted by Gasteiger charge is -2.24. The quantitative estimate of drug-likeness (QED) is 0.891. The molecule has 0 spiro atoms. The van der Waals surface area contributed by atoms with Crippen LogP contribution in [0.5, 0.6) is 0 Å². The minimum atomic E-state index is -0.974. The number of carboxylic acid groups (broad SMARTS) is 1. The third kappa shape index (κ3) is 2.43. The molecule has 0 radical (unpaired) electrons. The Morgan fingerprint density at radius 3 is 2.77 bits per heavy atom. The number of benzene rings is 1. The largest absolute Gasteiger partial charge is 0.481 e.